The molecule has 0 saturated carbocycles. The van der Waals surface area contributed by atoms with Crippen LogP contribution in [0.25, 0.3) is 0 Å². The van der Waals surface area contributed by atoms with E-state index in [1.807, 2.05) is 0 Å². The van der Waals surface area contributed by atoms with Crippen LogP contribution < -0.4 is 0 Å². The highest BCUT2D eigenvalue weighted by Gasteiger charge is 2.36. The van der Waals surface area contributed by atoms with Crippen LogP contribution in [0.3, 0.4) is 0 Å². The molecule has 0 aliphatic rings. The molecule has 0 radical (unpaired) electrons. The van der Waals surface area contributed by atoms with Gasteiger partial charge >= 0.3 is 5.97 Å². The van der Waals surface area contributed by atoms with Gasteiger partial charge < -0.3 is 15.0 Å². The number of carbonyl (C=O) groups excluding carboxylic acids is 1. The average Bonchev–Trinajstić information content (AvgIpc) is 2.56. The van der Waals surface area contributed by atoms with Crippen molar-refractivity contribution in [2.45, 2.75) is 19.4 Å². The largest absolute Gasteiger partial charge is 0.480 e. The van der Waals surface area contributed by atoms with Gasteiger partial charge in [0.1, 0.15) is 16.4 Å². The number of halogens is 2. The van der Waals surface area contributed by atoms with Crippen LogP contribution in [0.15, 0.2) is 6.07 Å². The molecule has 1 aromatic heterocycles. The molecular weight excluding hydrogens is 267 g/mol. The molecule has 0 bridgehead atoms. The number of aromatic nitrogens is 1. The lowest BCUT2D eigenvalue weighted by atomic mass is 10.0. The predicted molar refractivity (Wildman–Crippen MR) is 64.6 cm³/mol. The lowest BCUT2D eigenvalue weighted by Crippen LogP contribution is -2.50. The van der Waals surface area contributed by atoms with Gasteiger partial charge in [0.05, 0.1) is 5.02 Å². The highest BCUT2D eigenvalue weighted by Crippen LogP contribution is 2.24. The molecule has 0 aromatic carbocycles. The third kappa shape index (κ3) is 2.56. The van der Waals surface area contributed by atoms with E-state index in [1.165, 1.54) is 27.0 Å². The molecule has 7 heteroatoms. The first-order valence-corrected chi connectivity index (χ1v) is 5.49. The number of hydrogen-bond donors (Lipinski definition) is 2. The fraction of sp³-hybridized carbons (Fsp3) is 0.400. The Morgan fingerprint density at radius 1 is 1.41 bits per heavy atom. The van der Waals surface area contributed by atoms with E-state index in [1.54, 1.807) is 0 Å². The van der Waals surface area contributed by atoms with Crippen molar-refractivity contribution in [2.75, 3.05) is 7.05 Å². The molecule has 0 fully saturated rings. The normalized spacial score (nSPS) is 11.4. The Kier molecular flexibility index (Phi) is 3.74. The van der Waals surface area contributed by atoms with Crippen LogP contribution >= 0.6 is 23.2 Å². The minimum atomic E-state index is -1.32. The molecule has 0 spiro atoms. The number of carboxylic acids is 1. The van der Waals surface area contributed by atoms with Gasteiger partial charge in [0.2, 0.25) is 0 Å². The standard InChI is InChI=1S/C10H12Cl2N2O3/c1-10(2,9(16)17)14(3)8(15)6-4-5(11)7(12)13-6/h4,13H,1-3H3,(H,16,17). The zero-order chi connectivity index (χ0) is 13.4. The molecule has 1 heterocycles. The molecule has 0 atom stereocenters. The summed E-state index contributed by atoms with van der Waals surface area (Å²) >= 11 is 11.4. The van der Waals surface area contributed by atoms with Gasteiger partial charge in [-0.1, -0.05) is 23.2 Å². The summed E-state index contributed by atoms with van der Waals surface area (Å²) in [4.78, 5) is 26.7. The average molecular weight is 279 g/mol. The van der Waals surface area contributed by atoms with Crippen LogP contribution in [0.1, 0.15) is 24.3 Å². The molecule has 0 unspecified atom stereocenters. The fourth-order valence-electron chi connectivity index (χ4n) is 1.10. The Hall–Kier alpha value is -1.20. The fourth-order valence-corrected chi connectivity index (χ4v) is 1.41. The molecule has 17 heavy (non-hydrogen) atoms. The second-order valence-electron chi connectivity index (χ2n) is 4.07. The monoisotopic (exact) mass is 278 g/mol. The van der Waals surface area contributed by atoms with Crippen LogP contribution in [-0.4, -0.2) is 39.5 Å². The Bertz CT molecular complexity index is 449. The summed E-state index contributed by atoms with van der Waals surface area (Å²) in [6.07, 6.45) is 0. The topological polar surface area (TPSA) is 73.4 Å². The molecule has 0 saturated heterocycles. The molecule has 0 aliphatic carbocycles. The first-order chi connectivity index (χ1) is 7.67. The van der Waals surface area contributed by atoms with Crippen LogP contribution in [0.5, 0.6) is 0 Å². The number of hydrogen-bond acceptors (Lipinski definition) is 2. The number of aliphatic carboxylic acids is 1. The van der Waals surface area contributed by atoms with Crippen molar-refractivity contribution < 1.29 is 14.7 Å². The second-order valence-corrected chi connectivity index (χ2v) is 4.86. The maximum atomic E-state index is 12.0. The van der Waals surface area contributed by atoms with Crippen molar-refractivity contribution in [3.63, 3.8) is 0 Å². The first kappa shape index (κ1) is 13.9. The van der Waals surface area contributed by atoms with Crippen molar-refractivity contribution in [3.05, 3.63) is 21.9 Å². The molecular formula is C10H12Cl2N2O3. The van der Waals surface area contributed by atoms with E-state index in [4.69, 9.17) is 28.3 Å². The van der Waals surface area contributed by atoms with Crippen molar-refractivity contribution >= 4 is 35.1 Å². The summed E-state index contributed by atoms with van der Waals surface area (Å²) in [5, 5.41) is 9.38. The number of nitrogens with zero attached hydrogens (tertiary/aromatic N) is 1. The van der Waals surface area contributed by atoms with Crippen LogP contribution in [0.2, 0.25) is 10.2 Å². The van der Waals surface area contributed by atoms with Crippen LogP contribution in [0, 0.1) is 0 Å². The Morgan fingerprint density at radius 3 is 2.29 bits per heavy atom. The van der Waals surface area contributed by atoms with E-state index < -0.39 is 17.4 Å². The van der Waals surface area contributed by atoms with Gasteiger partial charge in [-0.2, -0.15) is 0 Å². The number of carboxylic acid groups (broad SMARTS) is 1. The number of carbonyl (C=O) groups is 2. The van der Waals surface area contributed by atoms with E-state index >= 15 is 0 Å². The van der Waals surface area contributed by atoms with E-state index in [9.17, 15) is 9.59 Å². The van der Waals surface area contributed by atoms with Gasteiger partial charge in [-0.25, -0.2) is 4.79 Å². The number of H-pyrrole nitrogens is 1. The quantitative estimate of drug-likeness (QED) is 0.891. The van der Waals surface area contributed by atoms with Crippen LogP contribution in [-0.2, 0) is 4.79 Å². The molecule has 1 amide bonds. The number of amides is 1. The van der Waals surface area contributed by atoms with E-state index in [0.29, 0.717) is 0 Å². The van der Waals surface area contributed by atoms with Crippen molar-refractivity contribution in [1.82, 2.24) is 9.88 Å². The number of likely N-dealkylation sites (N-methyl/N-ethyl adjacent to an activating group) is 1. The molecule has 2 N–H and O–H groups in total. The number of rotatable bonds is 3. The maximum Gasteiger partial charge on any atom is 0.329 e. The summed E-state index contributed by atoms with van der Waals surface area (Å²) in [5.74, 6) is -1.59. The summed E-state index contributed by atoms with van der Waals surface area (Å²) < 4.78 is 0. The van der Waals surface area contributed by atoms with Crippen LogP contribution in [0.4, 0.5) is 0 Å². The summed E-state index contributed by atoms with van der Waals surface area (Å²) in [6.45, 7) is 2.86. The molecule has 1 rings (SSSR count). The first-order valence-electron chi connectivity index (χ1n) is 4.73. The minimum absolute atomic E-state index is 0.150. The van der Waals surface area contributed by atoms with Crippen molar-refractivity contribution in [2.24, 2.45) is 0 Å². The smallest absolute Gasteiger partial charge is 0.329 e. The predicted octanol–water partition coefficient (Wildman–Crippen LogP) is 2.26. The molecule has 0 aliphatic heterocycles. The molecule has 94 valence electrons. The van der Waals surface area contributed by atoms with Gasteiger partial charge in [0.25, 0.3) is 5.91 Å². The summed E-state index contributed by atoms with van der Waals surface area (Å²) in [6, 6.07) is 1.36. The summed E-state index contributed by atoms with van der Waals surface area (Å²) in [5.41, 5.74) is -1.17. The maximum absolute atomic E-state index is 12.0. The van der Waals surface area contributed by atoms with Gasteiger partial charge in [0, 0.05) is 7.05 Å². The highest BCUT2D eigenvalue weighted by atomic mass is 35.5. The van der Waals surface area contributed by atoms with E-state index in [0.717, 1.165) is 4.90 Å². The molecule has 1 aromatic rings. The van der Waals surface area contributed by atoms with Crippen molar-refractivity contribution in [1.29, 1.82) is 0 Å². The third-order valence-electron chi connectivity index (χ3n) is 2.62. The Balaban J connectivity index is 3.02. The van der Waals surface area contributed by atoms with E-state index in [-0.39, 0.29) is 15.9 Å². The summed E-state index contributed by atoms with van der Waals surface area (Å²) in [7, 11) is 1.40. The van der Waals surface area contributed by atoms with Gasteiger partial charge in [-0.3, -0.25) is 4.79 Å². The zero-order valence-corrected chi connectivity index (χ0v) is 11.1. The lowest BCUT2D eigenvalue weighted by Gasteiger charge is -2.31. The van der Waals surface area contributed by atoms with Gasteiger partial charge in [-0.15, -0.1) is 0 Å². The third-order valence-corrected chi connectivity index (χ3v) is 3.32. The second kappa shape index (κ2) is 4.58. The lowest BCUT2D eigenvalue weighted by molar-refractivity contribution is -0.147. The Labute approximate surface area is 108 Å². The number of nitrogens with one attached hydrogen (secondary N) is 1. The molecule has 5 nitrogen and oxygen atoms in total. The highest BCUT2D eigenvalue weighted by molar-refractivity contribution is 6.41. The van der Waals surface area contributed by atoms with E-state index in [2.05, 4.69) is 4.98 Å². The SMILES string of the molecule is CN(C(=O)c1cc(Cl)c(Cl)[nH]1)C(C)(C)C(=O)O. The zero-order valence-electron chi connectivity index (χ0n) is 9.54. The minimum Gasteiger partial charge on any atom is -0.480 e. The van der Waals surface area contributed by atoms with Gasteiger partial charge in [-0.05, 0) is 19.9 Å². The Morgan fingerprint density at radius 2 is 1.94 bits per heavy atom. The number of aromatic amines is 1. The van der Waals surface area contributed by atoms with Gasteiger partial charge in [0.15, 0.2) is 0 Å². The van der Waals surface area contributed by atoms with Crippen molar-refractivity contribution in [3.8, 4) is 0 Å².